The van der Waals surface area contributed by atoms with E-state index in [1.54, 1.807) is 7.05 Å². The minimum atomic E-state index is -3.38. The van der Waals surface area contributed by atoms with Gasteiger partial charge in [-0.15, -0.1) is 10.2 Å². The third-order valence-corrected chi connectivity index (χ3v) is 5.52. The van der Waals surface area contributed by atoms with Crippen LogP contribution in [0.1, 0.15) is 36.5 Å². The second-order valence-corrected chi connectivity index (χ2v) is 7.29. The molecule has 6 nitrogen and oxygen atoms in total. The van der Waals surface area contributed by atoms with E-state index in [4.69, 9.17) is 0 Å². The number of aromatic nitrogens is 2. The lowest BCUT2D eigenvalue weighted by Gasteiger charge is -2.14. The summed E-state index contributed by atoms with van der Waals surface area (Å²) < 4.78 is 23.0. The number of hydrogen-bond acceptors (Lipinski definition) is 6. The molecular weight excluding hydrogens is 274 g/mol. The van der Waals surface area contributed by atoms with E-state index in [-0.39, 0.29) is 21.0 Å². The Morgan fingerprint density at radius 2 is 2.00 bits per heavy atom. The van der Waals surface area contributed by atoms with E-state index < -0.39 is 9.84 Å². The Kier molecular flexibility index (Phi) is 5.21. The van der Waals surface area contributed by atoms with Gasteiger partial charge in [0.15, 0.2) is 0 Å². The number of rotatable bonds is 6. The Labute approximate surface area is 111 Å². The summed E-state index contributed by atoms with van der Waals surface area (Å²) >= 11 is 0.833. The number of amides is 1. The zero-order valence-electron chi connectivity index (χ0n) is 10.7. The second kappa shape index (κ2) is 6.24. The largest absolute Gasteiger partial charge is 0.340 e. The van der Waals surface area contributed by atoms with Gasteiger partial charge in [0, 0.05) is 13.6 Å². The minimum absolute atomic E-state index is 0.0402. The molecule has 0 fully saturated rings. The van der Waals surface area contributed by atoms with E-state index in [9.17, 15) is 13.2 Å². The van der Waals surface area contributed by atoms with Crippen molar-refractivity contribution in [1.29, 1.82) is 0 Å². The lowest BCUT2D eigenvalue weighted by atomic mass is 10.3. The van der Waals surface area contributed by atoms with Crippen LogP contribution < -0.4 is 0 Å². The van der Waals surface area contributed by atoms with Crippen LogP contribution in [-0.4, -0.2) is 48.8 Å². The third-order valence-electron chi connectivity index (χ3n) is 2.43. The van der Waals surface area contributed by atoms with Gasteiger partial charge in [-0.1, -0.05) is 31.6 Å². The summed E-state index contributed by atoms with van der Waals surface area (Å²) in [5, 5.41) is 7.36. The van der Waals surface area contributed by atoms with Crippen LogP contribution in [0.25, 0.3) is 0 Å². The fourth-order valence-electron chi connectivity index (χ4n) is 1.21. The van der Waals surface area contributed by atoms with Crippen LogP contribution >= 0.6 is 11.3 Å². The highest BCUT2D eigenvalue weighted by Gasteiger charge is 2.22. The van der Waals surface area contributed by atoms with Crippen LogP contribution in [0, 0.1) is 0 Å². The van der Waals surface area contributed by atoms with E-state index in [1.165, 1.54) is 11.8 Å². The molecule has 0 radical (unpaired) electrons. The van der Waals surface area contributed by atoms with Crippen molar-refractivity contribution in [3.63, 3.8) is 0 Å². The van der Waals surface area contributed by atoms with E-state index in [0.717, 1.165) is 24.2 Å². The average molecular weight is 291 g/mol. The fourth-order valence-corrected chi connectivity index (χ4v) is 3.29. The predicted octanol–water partition coefficient (Wildman–Crippen LogP) is 1.20. The van der Waals surface area contributed by atoms with Gasteiger partial charge in [-0.2, -0.15) is 0 Å². The van der Waals surface area contributed by atoms with E-state index in [0.29, 0.717) is 6.54 Å². The summed E-state index contributed by atoms with van der Waals surface area (Å²) in [6.07, 6.45) is 1.89. The van der Waals surface area contributed by atoms with Crippen molar-refractivity contribution < 1.29 is 13.2 Å². The summed E-state index contributed by atoms with van der Waals surface area (Å²) in [4.78, 5) is 13.5. The van der Waals surface area contributed by atoms with Crippen LogP contribution in [-0.2, 0) is 9.84 Å². The minimum Gasteiger partial charge on any atom is -0.340 e. The fraction of sp³-hybridized carbons (Fsp3) is 0.700. The first-order chi connectivity index (χ1) is 8.42. The Balaban J connectivity index is 2.83. The van der Waals surface area contributed by atoms with Crippen molar-refractivity contribution in [3.8, 4) is 0 Å². The lowest BCUT2D eigenvalue weighted by Crippen LogP contribution is -2.27. The zero-order valence-corrected chi connectivity index (χ0v) is 12.3. The van der Waals surface area contributed by atoms with Crippen molar-refractivity contribution in [2.75, 3.05) is 19.3 Å². The number of nitrogens with zero attached hydrogens (tertiary/aromatic N) is 3. The van der Waals surface area contributed by atoms with Gasteiger partial charge in [-0.3, -0.25) is 4.79 Å². The molecule has 0 aromatic carbocycles. The SMILES string of the molecule is CCCCN(C)C(=O)c1nnc(S(=O)(=O)CC)s1. The highest BCUT2D eigenvalue weighted by Crippen LogP contribution is 2.18. The van der Waals surface area contributed by atoms with Crippen LogP contribution in [0.3, 0.4) is 0 Å². The first kappa shape index (κ1) is 15.0. The molecule has 0 aliphatic carbocycles. The molecule has 0 atom stereocenters. The van der Waals surface area contributed by atoms with Crippen LogP contribution in [0.5, 0.6) is 0 Å². The van der Waals surface area contributed by atoms with Crippen molar-refractivity contribution >= 4 is 27.1 Å². The van der Waals surface area contributed by atoms with Gasteiger partial charge < -0.3 is 4.90 Å². The molecule has 0 aliphatic heterocycles. The predicted molar refractivity (Wildman–Crippen MR) is 69.5 cm³/mol. The average Bonchev–Trinajstić information content (AvgIpc) is 2.85. The number of unbranched alkanes of at least 4 members (excludes halogenated alkanes) is 1. The van der Waals surface area contributed by atoms with Crippen molar-refractivity contribution in [2.45, 2.75) is 31.0 Å². The van der Waals surface area contributed by atoms with Gasteiger partial charge in [0.2, 0.25) is 19.2 Å². The molecule has 1 rings (SSSR count). The summed E-state index contributed by atoms with van der Waals surface area (Å²) in [6, 6.07) is 0. The molecule has 0 unspecified atom stereocenters. The molecule has 1 amide bonds. The summed E-state index contributed by atoms with van der Waals surface area (Å²) in [7, 11) is -1.71. The Hall–Kier alpha value is -1.02. The number of carbonyl (C=O) groups is 1. The van der Waals surface area contributed by atoms with Crippen molar-refractivity contribution in [2.24, 2.45) is 0 Å². The first-order valence-electron chi connectivity index (χ1n) is 5.74. The van der Waals surface area contributed by atoms with Crippen LogP contribution in [0.2, 0.25) is 0 Å². The van der Waals surface area contributed by atoms with Crippen molar-refractivity contribution in [1.82, 2.24) is 15.1 Å². The normalized spacial score (nSPS) is 11.5. The smallest absolute Gasteiger partial charge is 0.284 e. The molecule has 102 valence electrons. The highest BCUT2D eigenvalue weighted by atomic mass is 32.2. The first-order valence-corrected chi connectivity index (χ1v) is 8.21. The van der Waals surface area contributed by atoms with E-state index in [1.807, 2.05) is 6.92 Å². The van der Waals surface area contributed by atoms with E-state index in [2.05, 4.69) is 10.2 Å². The standard InChI is InChI=1S/C10H17N3O3S2/c1-4-6-7-13(3)9(14)8-11-12-10(17-8)18(15,16)5-2/h4-7H2,1-3H3. The molecular formula is C10H17N3O3S2. The number of hydrogen-bond donors (Lipinski definition) is 0. The zero-order chi connectivity index (χ0) is 13.8. The number of carbonyl (C=O) groups excluding carboxylic acids is 1. The molecule has 0 saturated heterocycles. The summed E-state index contributed by atoms with van der Waals surface area (Å²) in [6.45, 7) is 4.20. The molecule has 1 heterocycles. The molecule has 0 saturated carbocycles. The van der Waals surface area contributed by atoms with E-state index >= 15 is 0 Å². The molecule has 0 aliphatic rings. The number of sulfone groups is 1. The monoisotopic (exact) mass is 291 g/mol. The van der Waals surface area contributed by atoms with Crippen LogP contribution in [0.4, 0.5) is 0 Å². The van der Waals surface area contributed by atoms with Gasteiger partial charge in [0.05, 0.1) is 5.75 Å². The van der Waals surface area contributed by atoms with Gasteiger partial charge in [-0.25, -0.2) is 8.42 Å². The van der Waals surface area contributed by atoms with Crippen LogP contribution in [0.15, 0.2) is 4.34 Å². The molecule has 18 heavy (non-hydrogen) atoms. The second-order valence-electron chi connectivity index (χ2n) is 3.86. The highest BCUT2D eigenvalue weighted by molar-refractivity contribution is 7.93. The maximum Gasteiger partial charge on any atom is 0.284 e. The van der Waals surface area contributed by atoms with Gasteiger partial charge in [-0.05, 0) is 6.42 Å². The summed E-state index contributed by atoms with van der Waals surface area (Å²) in [5.74, 6) is -0.319. The maximum atomic E-state index is 11.9. The topological polar surface area (TPSA) is 80.2 Å². The molecule has 0 N–H and O–H groups in total. The Morgan fingerprint density at radius 3 is 2.56 bits per heavy atom. The molecule has 1 aromatic heterocycles. The maximum absolute atomic E-state index is 11.9. The molecule has 0 bridgehead atoms. The lowest BCUT2D eigenvalue weighted by molar-refractivity contribution is 0.0792. The van der Waals surface area contributed by atoms with Gasteiger partial charge in [0.25, 0.3) is 5.91 Å². The van der Waals surface area contributed by atoms with Gasteiger partial charge >= 0.3 is 0 Å². The molecule has 1 aromatic rings. The van der Waals surface area contributed by atoms with Gasteiger partial charge in [0.1, 0.15) is 0 Å². The third kappa shape index (κ3) is 3.49. The Bertz CT molecular complexity index is 510. The summed E-state index contributed by atoms with van der Waals surface area (Å²) in [5.41, 5.74) is 0. The molecule has 8 heteroatoms. The Morgan fingerprint density at radius 1 is 1.33 bits per heavy atom. The molecule has 0 spiro atoms. The van der Waals surface area contributed by atoms with Crippen molar-refractivity contribution in [3.05, 3.63) is 5.01 Å². The quantitative estimate of drug-likeness (QED) is 0.787.